The first-order valence-corrected chi connectivity index (χ1v) is 37.4. The Kier molecular flexibility index (Phi) is 23.7. The highest BCUT2D eigenvalue weighted by molar-refractivity contribution is 7.90. The molecule has 6 aromatic carbocycles. The number of nitrogens with one attached hydrogen (secondary N) is 1. The van der Waals surface area contributed by atoms with Gasteiger partial charge in [-0.05, 0) is 146 Å². The third-order valence-electron chi connectivity index (χ3n) is 15.1. The average Bonchev–Trinajstić information content (AvgIpc) is 2.51. The monoisotopic (exact) mass is 1300 g/mol. The molecule has 0 unspecified atom stereocenters. The fourth-order valence-electron chi connectivity index (χ4n) is 9.92. The van der Waals surface area contributed by atoms with Crippen molar-refractivity contribution in [2.75, 3.05) is 91.6 Å². The van der Waals surface area contributed by atoms with Crippen LogP contribution in [0, 0.1) is 41.5 Å². The van der Waals surface area contributed by atoms with Crippen molar-refractivity contribution in [2.45, 2.75) is 103 Å². The van der Waals surface area contributed by atoms with E-state index in [1.165, 1.54) is 98.6 Å². The summed E-state index contributed by atoms with van der Waals surface area (Å²) in [7, 11) is -25.5. The van der Waals surface area contributed by atoms with Gasteiger partial charge in [0.05, 0.1) is 29.4 Å². The Balaban J connectivity index is 1.28. The molecular weight excluding hydrogens is 1220 g/mol. The standard InChI is InChI=1S/C61H81N7O12S6/c1-50-12-24-56(25-13-50)81(69,70)63-38-7-39-64(82(71,72)57-26-14-51(2)15-27-57)41-9-43-66(84(75,76)59-30-18-53(4)19-31-59)45-11-47-68(86(79,80)61-34-22-55(6)23-35-61)49-37-62-36-48-67(85(77,78)60-32-20-54(5)21-33-60)46-10-44-65(42-8-40-63)83(73,74)58-28-16-52(3)17-29-58/h12-35,62H,7-11,36-49H2,1-6H3. The fraction of sp³-hybridized carbons (Fsp3) is 0.410. The molecule has 0 spiro atoms. The summed E-state index contributed by atoms with van der Waals surface area (Å²) in [5.41, 5.74) is 4.93. The van der Waals surface area contributed by atoms with Gasteiger partial charge in [0.25, 0.3) is 0 Å². The lowest BCUT2D eigenvalue weighted by Gasteiger charge is -2.29. The van der Waals surface area contributed by atoms with Crippen molar-refractivity contribution in [3.8, 4) is 0 Å². The summed E-state index contributed by atoms with van der Waals surface area (Å²) in [5.74, 6) is 0. The SMILES string of the molecule is Cc1ccc(S(=O)(=O)N2CCCN(S(=O)(=O)c3ccc(C)cc3)CCCN(S(=O)(=O)c3ccc(C)cc3)CCCN(S(=O)(=O)c3ccc(C)cc3)CCNCCN(S(=O)(=O)c3ccc(C)cc3)CCCN(S(=O)(=O)c3ccc(C)cc3)CCC2)cc1. The van der Waals surface area contributed by atoms with Gasteiger partial charge < -0.3 is 5.32 Å². The Hall–Kier alpha value is -5.26. The Labute approximate surface area is 512 Å². The molecule has 19 nitrogen and oxygen atoms in total. The minimum absolute atomic E-state index is 0.00980. The van der Waals surface area contributed by atoms with Gasteiger partial charge in [-0.25, -0.2) is 50.5 Å². The van der Waals surface area contributed by atoms with Crippen LogP contribution in [0.15, 0.2) is 175 Å². The number of hydrogen-bond donors (Lipinski definition) is 1. The van der Waals surface area contributed by atoms with Gasteiger partial charge in [-0.2, -0.15) is 25.8 Å². The van der Waals surface area contributed by atoms with E-state index in [-0.39, 0.29) is 153 Å². The number of benzene rings is 6. The Morgan fingerprint density at radius 3 is 0.488 bits per heavy atom. The smallest absolute Gasteiger partial charge is 0.243 e. The van der Waals surface area contributed by atoms with Crippen LogP contribution < -0.4 is 5.32 Å². The molecule has 1 saturated heterocycles. The van der Waals surface area contributed by atoms with Crippen LogP contribution in [0.4, 0.5) is 0 Å². The Bertz CT molecular complexity index is 3640. The second-order valence-electron chi connectivity index (χ2n) is 21.8. The molecule has 0 aliphatic carbocycles. The predicted octanol–water partition coefficient (Wildman–Crippen LogP) is 7.54. The van der Waals surface area contributed by atoms with Gasteiger partial charge in [-0.1, -0.05) is 106 Å². The normalized spacial score (nSPS) is 17.9. The first-order chi connectivity index (χ1) is 40.6. The number of aryl methyl sites for hydroxylation is 6. The highest BCUT2D eigenvalue weighted by Gasteiger charge is 2.33. The van der Waals surface area contributed by atoms with Crippen LogP contribution in [0.3, 0.4) is 0 Å². The molecule has 0 saturated carbocycles. The van der Waals surface area contributed by atoms with Crippen LogP contribution in [-0.2, 0) is 60.1 Å². The Morgan fingerprint density at radius 1 is 0.221 bits per heavy atom. The van der Waals surface area contributed by atoms with Gasteiger partial charge in [-0.15, -0.1) is 0 Å². The largest absolute Gasteiger partial charge is 0.314 e. The summed E-state index contributed by atoms with van der Waals surface area (Å²) in [6.07, 6.45) is -0.0197. The van der Waals surface area contributed by atoms with Crippen LogP contribution in [0.2, 0.25) is 0 Å². The van der Waals surface area contributed by atoms with E-state index in [1.807, 2.05) is 41.5 Å². The maximum absolute atomic E-state index is 14.7. The predicted molar refractivity (Wildman–Crippen MR) is 336 cm³/mol. The van der Waals surface area contributed by atoms with E-state index in [2.05, 4.69) is 5.32 Å². The van der Waals surface area contributed by atoms with E-state index < -0.39 is 60.1 Å². The van der Waals surface area contributed by atoms with Crippen molar-refractivity contribution in [2.24, 2.45) is 0 Å². The van der Waals surface area contributed by atoms with E-state index in [0.717, 1.165) is 33.4 Å². The summed E-state index contributed by atoms with van der Waals surface area (Å²) >= 11 is 0. The third-order valence-corrected chi connectivity index (χ3v) is 26.6. The first kappa shape index (κ1) is 68.2. The summed E-state index contributed by atoms with van der Waals surface area (Å²) in [6.45, 7) is 9.15. The number of rotatable bonds is 12. The van der Waals surface area contributed by atoms with E-state index in [9.17, 15) is 50.5 Å². The first-order valence-electron chi connectivity index (χ1n) is 28.8. The van der Waals surface area contributed by atoms with Crippen LogP contribution >= 0.6 is 0 Å². The lowest BCUT2D eigenvalue weighted by atomic mass is 10.2. The third kappa shape index (κ3) is 17.5. The molecule has 1 N–H and O–H groups in total. The molecular formula is C61H81N7O12S6. The maximum atomic E-state index is 14.7. The number of nitrogens with zero attached hydrogens (tertiary/aromatic N) is 6. The topological polar surface area (TPSA) is 236 Å². The summed E-state index contributed by atoms with van der Waals surface area (Å²) in [6, 6.07) is 37.9. The van der Waals surface area contributed by atoms with E-state index >= 15 is 0 Å². The van der Waals surface area contributed by atoms with Crippen LogP contribution in [0.1, 0.15) is 65.5 Å². The molecule has 1 aliphatic heterocycles. The van der Waals surface area contributed by atoms with Gasteiger partial charge in [-0.3, -0.25) is 0 Å². The lowest BCUT2D eigenvalue weighted by Crippen LogP contribution is -2.43. The maximum Gasteiger partial charge on any atom is 0.243 e. The minimum Gasteiger partial charge on any atom is -0.314 e. The molecule has 1 aliphatic rings. The van der Waals surface area contributed by atoms with Gasteiger partial charge in [0, 0.05) is 91.6 Å². The van der Waals surface area contributed by atoms with Crippen LogP contribution in [0.5, 0.6) is 0 Å². The van der Waals surface area contributed by atoms with Crippen molar-refractivity contribution in [3.63, 3.8) is 0 Å². The van der Waals surface area contributed by atoms with Crippen molar-refractivity contribution < 1.29 is 50.5 Å². The van der Waals surface area contributed by atoms with Crippen molar-refractivity contribution in [1.82, 2.24) is 31.1 Å². The van der Waals surface area contributed by atoms with Crippen molar-refractivity contribution >= 4 is 60.1 Å². The summed E-state index contributed by atoms with van der Waals surface area (Å²) in [5, 5.41) is 3.22. The van der Waals surface area contributed by atoms with E-state index in [0.29, 0.717) is 0 Å². The second-order valence-corrected chi connectivity index (χ2v) is 33.4. The zero-order valence-electron chi connectivity index (χ0n) is 49.8. The van der Waals surface area contributed by atoms with Gasteiger partial charge in [0.2, 0.25) is 60.1 Å². The van der Waals surface area contributed by atoms with E-state index in [4.69, 9.17) is 0 Å². The molecule has 7 rings (SSSR count). The molecule has 0 bridgehead atoms. The molecule has 0 radical (unpaired) electrons. The fourth-order valence-corrected chi connectivity index (χ4v) is 18.9. The van der Waals surface area contributed by atoms with Gasteiger partial charge in [0.15, 0.2) is 0 Å². The zero-order valence-corrected chi connectivity index (χ0v) is 54.7. The second kappa shape index (κ2) is 29.8. The summed E-state index contributed by atoms with van der Waals surface area (Å²) < 4.78 is 183. The van der Waals surface area contributed by atoms with Gasteiger partial charge in [0.1, 0.15) is 0 Å². The molecule has 6 aromatic rings. The molecule has 86 heavy (non-hydrogen) atoms. The molecule has 1 fully saturated rings. The molecule has 1 heterocycles. The molecule has 0 aromatic heterocycles. The lowest BCUT2D eigenvalue weighted by molar-refractivity contribution is 0.317. The Morgan fingerprint density at radius 2 is 0.349 bits per heavy atom. The highest BCUT2D eigenvalue weighted by atomic mass is 32.2. The van der Waals surface area contributed by atoms with Gasteiger partial charge >= 0.3 is 0 Å². The quantitative estimate of drug-likeness (QED) is 0.125. The van der Waals surface area contributed by atoms with Crippen LogP contribution in [0.25, 0.3) is 0 Å². The molecule has 468 valence electrons. The van der Waals surface area contributed by atoms with Crippen molar-refractivity contribution in [1.29, 1.82) is 0 Å². The number of hydrogen-bond acceptors (Lipinski definition) is 13. The highest BCUT2D eigenvalue weighted by Crippen LogP contribution is 2.26. The zero-order chi connectivity index (χ0) is 62.5. The number of sulfonamides is 6. The summed E-state index contributed by atoms with van der Waals surface area (Å²) in [4.78, 5) is -0.0241. The average molecular weight is 1300 g/mol. The molecule has 25 heteroatoms. The molecule has 0 amide bonds. The minimum atomic E-state index is -4.29. The van der Waals surface area contributed by atoms with E-state index in [1.54, 1.807) is 72.8 Å². The molecule has 0 atom stereocenters. The van der Waals surface area contributed by atoms with Crippen molar-refractivity contribution in [3.05, 3.63) is 179 Å². The van der Waals surface area contributed by atoms with Crippen LogP contribution in [-0.4, -0.2) is 168 Å².